The molecule has 0 nitrogen and oxygen atoms in total. The van der Waals surface area contributed by atoms with E-state index in [4.69, 9.17) is 0 Å². The van der Waals surface area contributed by atoms with Gasteiger partial charge in [0.25, 0.3) is 0 Å². The van der Waals surface area contributed by atoms with Crippen LogP contribution in [0.1, 0.15) is 27.2 Å². The first-order valence-electron chi connectivity index (χ1n) is 3.74. The third-order valence-electron chi connectivity index (χ3n) is 1.97. The minimum atomic E-state index is 0.706. The molecule has 0 bridgehead atoms. The monoisotopic (exact) mass is 169 g/mol. The fraction of sp³-hybridized carbons (Fsp3) is 0.556. The summed E-state index contributed by atoms with van der Waals surface area (Å²) < 4.78 is 1.52. The van der Waals surface area contributed by atoms with E-state index in [1.165, 1.54) is 10.3 Å². The van der Waals surface area contributed by atoms with Crippen molar-refractivity contribution >= 4 is 0 Å². The summed E-state index contributed by atoms with van der Waals surface area (Å²) in [5.41, 5.74) is 3.10. The Morgan fingerprint density at radius 2 is 2.10 bits per heavy atom. The Bertz CT molecular complexity index is 197. The summed E-state index contributed by atoms with van der Waals surface area (Å²) in [6.45, 7) is 6.74. The molecule has 0 aromatic heterocycles. The molecule has 0 aromatic rings. The molecule has 0 fully saturated rings. The van der Waals surface area contributed by atoms with E-state index in [0.717, 1.165) is 0 Å². The van der Waals surface area contributed by atoms with Gasteiger partial charge < -0.3 is 0 Å². The fourth-order valence-electron chi connectivity index (χ4n) is 1.24. The first kappa shape index (κ1) is 8.29. The standard InChI is InChI=1S/C9H13.Ti/c1-7(2)9-5-4-8(3)6-9;/h5,7H,4H2,1-3H3;. The molecule has 1 heteroatoms. The average molecular weight is 169 g/mol. The van der Waals surface area contributed by atoms with Crippen LogP contribution >= 0.6 is 0 Å². The minimum absolute atomic E-state index is 0.706. The van der Waals surface area contributed by atoms with Crippen molar-refractivity contribution in [1.82, 2.24) is 0 Å². The Labute approximate surface area is 74.8 Å². The van der Waals surface area contributed by atoms with Crippen LogP contribution in [0.25, 0.3) is 0 Å². The summed E-state index contributed by atoms with van der Waals surface area (Å²) in [7, 11) is 0. The van der Waals surface area contributed by atoms with Gasteiger partial charge in [0.1, 0.15) is 0 Å². The second kappa shape index (κ2) is 3.06. The molecular weight excluding hydrogens is 156 g/mol. The zero-order valence-corrected chi connectivity index (χ0v) is 8.42. The van der Waals surface area contributed by atoms with Gasteiger partial charge in [-0.15, -0.1) is 0 Å². The maximum absolute atomic E-state index is 2.36. The fourth-order valence-corrected chi connectivity index (χ4v) is 2.01. The van der Waals surface area contributed by atoms with Gasteiger partial charge in [0.2, 0.25) is 0 Å². The van der Waals surface area contributed by atoms with Crippen LogP contribution in [0.4, 0.5) is 0 Å². The molecule has 0 spiro atoms. The first-order chi connectivity index (χ1) is 4.63. The van der Waals surface area contributed by atoms with Crippen molar-refractivity contribution in [1.29, 1.82) is 0 Å². The molecule has 0 radical (unpaired) electrons. The average Bonchev–Trinajstić information content (AvgIpc) is 2.14. The Morgan fingerprint density at radius 1 is 1.50 bits per heavy atom. The van der Waals surface area contributed by atoms with E-state index in [2.05, 4.69) is 47.3 Å². The van der Waals surface area contributed by atoms with Gasteiger partial charge in [-0.2, -0.15) is 0 Å². The summed E-state index contributed by atoms with van der Waals surface area (Å²) in [5, 5.41) is 0. The first-order valence-corrected chi connectivity index (χ1v) is 4.52. The van der Waals surface area contributed by atoms with E-state index in [1.54, 1.807) is 11.1 Å². The van der Waals surface area contributed by atoms with Crippen molar-refractivity contribution < 1.29 is 20.4 Å². The topological polar surface area (TPSA) is 0 Å². The normalized spacial score (nSPS) is 18.5. The van der Waals surface area contributed by atoms with Gasteiger partial charge in [0.15, 0.2) is 0 Å². The van der Waals surface area contributed by atoms with Gasteiger partial charge in [-0.05, 0) is 0 Å². The van der Waals surface area contributed by atoms with Crippen LogP contribution < -0.4 is 0 Å². The molecule has 0 aliphatic heterocycles. The number of hydrogen-bond donors (Lipinski definition) is 0. The van der Waals surface area contributed by atoms with Crippen LogP contribution in [-0.4, -0.2) is 0 Å². The predicted octanol–water partition coefficient (Wildman–Crippen LogP) is 2.79. The molecule has 0 atom stereocenters. The second-order valence-corrected chi connectivity index (χ2v) is 3.95. The zero-order valence-electron chi connectivity index (χ0n) is 6.86. The van der Waals surface area contributed by atoms with E-state index >= 15 is 0 Å². The summed E-state index contributed by atoms with van der Waals surface area (Å²) >= 11 is 2.23. The Kier molecular flexibility index (Phi) is 2.54. The summed E-state index contributed by atoms with van der Waals surface area (Å²) in [6.07, 6.45) is 3.54. The van der Waals surface area contributed by atoms with Crippen molar-refractivity contribution in [3.63, 3.8) is 0 Å². The summed E-state index contributed by atoms with van der Waals surface area (Å²) in [6, 6.07) is 0. The third-order valence-corrected chi connectivity index (χ3v) is 3.08. The van der Waals surface area contributed by atoms with Crippen LogP contribution in [0.5, 0.6) is 0 Å². The van der Waals surface area contributed by atoms with E-state index < -0.39 is 0 Å². The molecule has 1 rings (SSSR count). The Hall–Kier alpha value is 0.194. The number of allylic oxidation sites excluding steroid dienone is 4. The predicted molar refractivity (Wildman–Crippen MR) is 40.2 cm³/mol. The van der Waals surface area contributed by atoms with Gasteiger partial charge >= 0.3 is 74.6 Å². The number of rotatable bonds is 1. The van der Waals surface area contributed by atoms with Crippen molar-refractivity contribution in [3.05, 3.63) is 21.1 Å². The van der Waals surface area contributed by atoms with E-state index in [0.29, 0.717) is 5.92 Å². The molecule has 0 unspecified atom stereocenters. The molecular formula is C9H13Ti. The molecule has 10 heavy (non-hydrogen) atoms. The molecule has 1 aliphatic carbocycles. The third kappa shape index (κ3) is 1.43. The van der Waals surface area contributed by atoms with Gasteiger partial charge in [0.05, 0.1) is 0 Å². The molecule has 0 saturated carbocycles. The van der Waals surface area contributed by atoms with E-state index in [-0.39, 0.29) is 0 Å². The molecule has 0 aromatic carbocycles. The molecule has 53 valence electrons. The Balaban J connectivity index is 2.83. The number of hydrogen-bond acceptors (Lipinski definition) is 0. The van der Waals surface area contributed by atoms with Crippen LogP contribution in [0.2, 0.25) is 0 Å². The van der Waals surface area contributed by atoms with E-state index in [9.17, 15) is 0 Å². The van der Waals surface area contributed by atoms with Gasteiger partial charge in [0, 0.05) is 0 Å². The molecule has 0 N–H and O–H groups in total. The molecule has 1 aliphatic rings. The van der Waals surface area contributed by atoms with Crippen molar-refractivity contribution in [3.8, 4) is 0 Å². The van der Waals surface area contributed by atoms with Crippen molar-refractivity contribution in [2.24, 2.45) is 5.92 Å². The van der Waals surface area contributed by atoms with Crippen LogP contribution in [0, 0.1) is 5.92 Å². The second-order valence-electron chi connectivity index (χ2n) is 3.17. The maximum atomic E-state index is 2.36. The summed E-state index contributed by atoms with van der Waals surface area (Å²) in [5.74, 6) is 0.706. The zero-order chi connectivity index (χ0) is 7.72. The van der Waals surface area contributed by atoms with Crippen LogP contribution in [0.3, 0.4) is 0 Å². The van der Waals surface area contributed by atoms with Crippen LogP contribution in [-0.2, 0) is 20.4 Å². The van der Waals surface area contributed by atoms with Crippen molar-refractivity contribution in [2.75, 3.05) is 0 Å². The van der Waals surface area contributed by atoms with Gasteiger partial charge in [-0.1, -0.05) is 0 Å². The molecule has 0 heterocycles. The van der Waals surface area contributed by atoms with Crippen LogP contribution in [0.15, 0.2) is 21.1 Å². The molecule has 0 saturated heterocycles. The SMILES string of the molecule is CC1=[C]([Ti])C(C(C)C)=CC1. The van der Waals surface area contributed by atoms with E-state index in [1.807, 2.05) is 0 Å². The molecule has 0 amide bonds. The van der Waals surface area contributed by atoms with Crippen molar-refractivity contribution in [2.45, 2.75) is 27.2 Å². The summed E-state index contributed by atoms with van der Waals surface area (Å²) in [4.78, 5) is 0. The quantitative estimate of drug-likeness (QED) is 0.529. The van der Waals surface area contributed by atoms with Gasteiger partial charge in [-0.3, -0.25) is 0 Å². The Morgan fingerprint density at radius 3 is 2.30 bits per heavy atom. The van der Waals surface area contributed by atoms with Gasteiger partial charge in [-0.25, -0.2) is 0 Å².